The summed E-state index contributed by atoms with van der Waals surface area (Å²) in [5.41, 5.74) is 0.594. The molecule has 10 atom stereocenters. The lowest BCUT2D eigenvalue weighted by Gasteiger charge is -2.60. The van der Waals surface area contributed by atoms with Crippen molar-refractivity contribution < 1.29 is 9.90 Å². The van der Waals surface area contributed by atoms with Gasteiger partial charge in [0.2, 0.25) is 0 Å². The highest BCUT2D eigenvalue weighted by Crippen LogP contribution is 2.67. The molecule has 4 aliphatic carbocycles. The monoisotopic (exact) mass is 416 g/mol. The Hall–Kier alpha value is -0.370. The average Bonchev–Trinajstić information content (AvgIpc) is 3.04. The summed E-state index contributed by atoms with van der Waals surface area (Å²) in [6.45, 7) is 14.7. The fraction of sp³-hybridized carbons (Fsp3) is 0.964. The highest BCUT2D eigenvalue weighted by atomic mass is 16.3. The lowest BCUT2D eigenvalue weighted by atomic mass is 9.44. The van der Waals surface area contributed by atoms with Crippen LogP contribution in [-0.2, 0) is 4.79 Å². The van der Waals surface area contributed by atoms with E-state index in [9.17, 15) is 9.90 Å². The molecule has 0 radical (unpaired) electrons. The highest BCUT2D eigenvalue weighted by Gasteiger charge is 2.62. The summed E-state index contributed by atoms with van der Waals surface area (Å²) >= 11 is 0. The van der Waals surface area contributed by atoms with Gasteiger partial charge in [0.15, 0.2) is 0 Å². The molecule has 0 spiro atoms. The molecule has 0 aliphatic heterocycles. The van der Waals surface area contributed by atoms with Gasteiger partial charge in [-0.3, -0.25) is 4.79 Å². The number of Topliss-reactive ketones (excluding diaryl/α,β-unsaturated/α-hetero) is 1. The Labute approximate surface area is 186 Å². The molecule has 2 nitrogen and oxygen atoms in total. The Balaban J connectivity index is 1.50. The number of ketones is 1. The summed E-state index contributed by atoms with van der Waals surface area (Å²) in [6.07, 6.45) is 11.4. The van der Waals surface area contributed by atoms with Crippen LogP contribution >= 0.6 is 0 Å². The third-order valence-corrected chi connectivity index (χ3v) is 11.4. The van der Waals surface area contributed by atoms with Gasteiger partial charge in [0.1, 0.15) is 5.78 Å². The number of hydrogen-bond acceptors (Lipinski definition) is 2. The first-order chi connectivity index (χ1) is 14.1. The molecular weight excluding hydrogens is 368 g/mol. The zero-order chi connectivity index (χ0) is 21.8. The van der Waals surface area contributed by atoms with Gasteiger partial charge in [-0.05, 0) is 97.2 Å². The Morgan fingerprint density at radius 1 is 0.933 bits per heavy atom. The van der Waals surface area contributed by atoms with E-state index in [1.54, 1.807) is 0 Å². The van der Waals surface area contributed by atoms with E-state index in [1.807, 2.05) is 0 Å². The molecule has 0 saturated heterocycles. The predicted molar refractivity (Wildman–Crippen MR) is 124 cm³/mol. The molecule has 2 heteroatoms. The van der Waals surface area contributed by atoms with Crippen molar-refractivity contribution in [2.45, 2.75) is 112 Å². The molecule has 4 aliphatic rings. The van der Waals surface area contributed by atoms with E-state index < -0.39 is 0 Å². The molecular formula is C28H48O2. The fourth-order valence-electron chi connectivity index (χ4n) is 9.06. The summed E-state index contributed by atoms with van der Waals surface area (Å²) in [7, 11) is 0. The molecule has 0 aromatic heterocycles. The smallest absolute Gasteiger partial charge is 0.136 e. The minimum Gasteiger partial charge on any atom is -0.393 e. The standard InChI is InChI=1S/C28H48O2/c1-17(2)18(3)7-8-19(4)22-9-10-23-21-16-26(30)25-15-20(29)11-13-28(25,6)24(21)12-14-27(22,23)5/h17-25,29H,7-16H2,1-6H3/t18-,19-,20+,21+,22-,23?,24+,25-,27-,28-/m1/s1. The van der Waals surface area contributed by atoms with Crippen LogP contribution in [-0.4, -0.2) is 17.0 Å². The molecule has 30 heavy (non-hydrogen) atoms. The van der Waals surface area contributed by atoms with E-state index in [1.165, 1.54) is 38.5 Å². The zero-order valence-electron chi connectivity index (χ0n) is 20.6. The van der Waals surface area contributed by atoms with Crippen molar-refractivity contribution in [3.05, 3.63) is 0 Å². The molecule has 0 aromatic carbocycles. The number of hydrogen-bond donors (Lipinski definition) is 1. The maximum Gasteiger partial charge on any atom is 0.136 e. The van der Waals surface area contributed by atoms with Gasteiger partial charge in [0.25, 0.3) is 0 Å². The van der Waals surface area contributed by atoms with Crippen molar-refractivity contribution in [2.75, 3.05) is 0 Å². The molecule has 0 bridgehead atoms. The van der Waals surface area contributed by atoms with E-state index in [0.717, 1.165) is 55.3 Å². The van der Waals surface area contributed by atoms with E-state index >= 15 is 0 Å². The SMILES string of the molecule is CC(C)[C@H](C)CC[C@@H](C)[C@H]1CCC2[C@@H]3CC(=O)[C@H]4C[C@@H](O)CC[C@]4(C)[C@H]3CC[C@@]21C. The topological polar surface area (TPSA) is 37.3 Å². The minimum absolute atomic E-state index is 0.125. The first kappa shape index (κ1) is 22.8. The van der Waals surface area contributed by atoms with Crippen molar-refractivity contribution in [1.29, 1.82) is 0 Å². The van der Waals surface area contributed by atoms with Crippen LogP contribution in [0.5, 0.6) is 0 Å². The van der Waals surface area contributed by atoms with Gasteiger partial charge in [0.05, 0.1) is 6.10 Å². The first-order valence-electron chi connectivity index (χ1n) is 13.3. The predicted octanol–water partition coefficient (Wildman–Crippen LogP) is 6.89. The normalized spacial score (nSPS) is 48.1. The molecule has 1 N–H and O–H groups in total. The van der Waals surface area contributed by atoms with Gasteiger partial charge in [-0.25, -0.2) is 0 Å². The van der Waals surface area contributed by atoms with Crippen LogP contribution in [0.2, 0.25) is 0 Å². The van der Waals surface area contributed by atoms with Crippen LogP contribution in [0.25, 0.3) is 0 Å². The van der Waals surface area contributed by atoms with Crippen LogP contribution in [0.4, 0.5) is 0 Å². The van der Waals surface area contributed by atoms with Crippen LogP contribution in [0, 0.1) is 58.2 Å². The summed E-state index contributed by atoms with van der Waals surface area (Å²) in [4.78, 5) is 13.3. The second-order valence-electron chi connectivity index (χ2n) is 13.0. The van der Waals surface area contributed by atoms with Crippen LogP contribution < -0.4 is 0 Å². The van der Waals surface area contributed by atoms with Crippen molar-refractivity contribution in [3.8, 4) is 0 Å². The Kier molecular flexibility index (Phi) is 6.23. The number of aliphatic hydroxyl groups excluding tert-OH is 1. The van der Waals surface area contributed by atoms with Gasteiger partial charge in [0, 0.05) is 12.3 Å². The maximum absolute atomic E-state index is 13.3. The molecule has 0 aromatic rings. The fourth-order valence-corrected chi connectivity index (χ4v) is 9.06. The number of fused-ring (bicyclic) bond motifs is 5. The largest absolute Gasteiger partial charge is 0.393 e. The van der Waals surface area contributed by atoms with Crippen molar-refractivity contribution in [1.82, 2.24) is 0 Å². The van der Waals surface area contributed by atoms with Gasteiger partial charge in [-0.15, -0.1) is 0 Å². The molecule has 4 saturated carbocycles. The van der Waals surface area contributed by atoms with E-state index in [-0.39, 0.29) is 17.4 Å². The second kappa shape index (κ2) is 8.20. The van der Waals surface area contributed by atoms with Crippen LogP contribution in [0.1, 0.15) is 106 Å². The molecule has 4 fully saturated rings. The van der Waals surface area contributed by atoms with Gasteiger partial charge in [-0.2, -0.15) is 0 Å². The van der Waals surface area contributed by atoms with Crippen LogP contribution in [0.3, 0.4) is 0 Å². The quantitative estimate of drug-likeness (QED) is 0.529. The van der Waals surface area contributed by atoms with Crippen molar-refractivity contribution >= 4 is 5.78 Å². The van der Waals surface area contributed by atoms with Gasteiger partial charge < -0.3 is 5.11 Å². The van der Waals surface area contributed by atoms with Gasteiger partial charge in [-0.1, -0.05) is 54.4 Å². The molecule has 4 rings (SSSR count). The minimum atomic E-state index is -0.248. The van der Waals surface area contributed by atoms with Crippen LogP contribution in [0.15, 0.2) is 0 Å². The molecule has 0 amide bonds. The molecule has 0 heterocycles. The van der Waals surface area contributed by atoms with E-state index in [4.69, 9.17) is 0 Å². The lowest BCUT2D eigenvalue weighted by Crippen LogP contribution is -2.57. The number of carbonyl (C=O) groups excluding carboxylic acids is 1. The number of aliphatic hydroxyl groups is 1. The first-order valence-corrected chi connectivity index (χ1v) is 13.3. The number of carbonyl (C=O) groups is 1. The summed E-state index contributed by atoms with van der Waals surface area (Å²) in [5, 5.41) is 10.2. The third-order valence-electron chi connectivity index (χ3n) is 11.4. The Morgan fingerprint density at radius 3 is 2.30 bits per heavy atom. The van der Waals surface area contributed by atoms with E-state index in [0.29, 0.717) is 23.0 Å². The Morgan fingerprint density at radius 2 is 1.60 bits per heavy atom. The average molecular weight is 417 g/mol. The summed E-state index contributed by atoms with van der Waals surface area (Å²) < 4.78 is 0. The van der Waals surface area contributed by atoms with Crippen molar-refractivity contribution in [3.63, 3.8) is 0 Å². The third kappa shape index (κ3) is 3.61. The zero-order valence-corrected chi connectivity index (χ0v) is 20.6. The molecule has 1 unspecified atom stereocenters. The molecule has 172 valence electrons. The van der Waals surface area contributed by atoms with E-state index in [2.05, 4.69) is 41.5 Å². The van der Waals surface area contributed by atoms with Crippen molar-refractivity contribution in [2.24, 2.45) is 58.2 Å². The second-order valence-corrected chi connectivity index (χ2v) is 13.0. The summed E-state index contributed by atoms with van der Waals surface area (Å²) in [6, 6.07) is 0. The summed E-state index contributed by atoms with van der Waals surface area (Å²) in [5.74, 6) is 5.95. The highest BCUT2D eigenvalue weighted by molar-refractivity contribution is 5.83. The maximum atomic E-state index is 13.3. The lowest BCUT2D eigenvalue weighted by molar-refractivity contribution is -0.160. The van der Waals surface area contributed by atoms with Gasteiger partial charge >= 0.3 is 0 Å². The Bertz CT molecular complexity index is 641. The number of rotatable bonds is 5.